The van der Waals surface area contributed by atoms with Gasteiger partial charge >= 0.3 is 0 Å². The molecule has 3 heteroatoms. The Balaban J connectivity index is 1.47. The van der Waals surface area contributed by atoms with Gasteiger partial charge in [0.1, 0.15) is 5.82 Å². The molecule has 0 atom stereocenters. The maximum atomic E-state index is 5.19. The molecule has 2 heterocycles. The lowest BCUT2D eigenvalue weighted by atomic mass is 9.82. The van der Waals surface area contributed by atoms with E-state index in [4.69, 9.17) is 9.97 Å². The molecule has 40 heavy (non-hydrogen) atoms. The number of hydrogen-bond acceptors (Lipinski definition) is 2. The standard InChI is InChI=1S/C37H27N3/c1-37(2)30-19-11-9-17-26(30)28-22-34-29(21-31(28)37)27-18-10-12-20-33(27)40(34)35-23-32(24-13-5-3-6-14-24)38-36(39-35)25-15-7-4-8-16-25/h3-23H,1-2H3. The van der Waals surface area contributed by atoms with E-state index in [-0.39, 0.29) is 5.41 Å². The van der Waals surface area contributed by atoms with Crippen LogP contribution in [0, 0.1) is 0 Å². The fourth-order valence-corrected chi connectivity index (χ4v) is 6.43. The molecule has 3 nitrogen and oxygen atoms in total. The molecule has 0 N–H and O–H groups in total. The second-order valence-electron chi connectivity index (χ2n) is 11.1. The largest absolute Gasteiger partial charge is 0.294 e. The highest BCUT2D eigenvalue weighted by molar-refractivity contribution is 6.11. The summed E-state index contributed by atoms with van der Waals surface area (Å²) >= 11 is 0. The molecule has 1 aliphatic carbocycles. The van der Waals surface area contributed by atoms with Crippen molar-refractivity contribution in [2.24, 2.45) is 0 Å². The van der Waals surface area contributed by atoms with Crippen LogP contribution in [0.15, 0.2) is 127 Å². The highest BCUT2D eigenvalue weighted by Crippen LogP contribution is 2.50. The minimum atomic E-state index is -0.0564. The summed E-state index contributed by atoms with van der Waals surface area (Å²) in [6.07, 6.45) is 0. The third kappa shape index (κ3) is 3.31. The Morgan fingerprint density at radius 2 is 1.20 bits per heavy atom. The van der Waals surface area contributed by atoms with Gasteiger partial charge in [-0.05, 0) is 40.5 Å². The van der Waals surface area contributed by atoms with Crippen LogP contribution in [0.2, 0.25) is 0 Å². The zero-order valence-corrected chi connectivity index (χ0v) is 22.5. The third-order valence-electron chi connectivity index (χ3n) is 8.42. The van der Waals surface area contributed by atoms with Crippen molar-refractivity contribution >= 4 is 21.8 Å². The maximum Gasteiger partial charge on any atom is 0.162 e. The molecule has 0 saturated carbocycles. The molecule has 190 valence electrons. The van der Waals surface area contributed by atoms with Gasteiger partial charge in [-0.1, -0.05) is 117 Å². The Kier molecular flexibility index (Phi) is 4.86. The molecule has 0 amide bonds. The van der Waals surface area contributed by atoms with E-state index in [1.54, 1.807) is 0 Å². The monoisotopic (exact) mass is 513 g/mol. The van der Waals surface area contributed by atoms with E-state index in [1.807, 2.05) is 24.3 Å². The van der Waals surface area contributed by atoms with Gasteiger partial charge in [0.05, 0.1) is 16.7 Å². The lowest BCUT2D eigenvalue weighted by Crippen LogP contribution is -2.14. The Hall–Kier alpha value is -5.02. The second kappa shape index (κ2) is 8.49. The fourth-order valence-electron chi connectivity index (χ4n) is 6.43. The van der Waals surface area contributed by atoms with Gasteiger partial charge < -0.3 is 0 Å². The molecule has 0 spiro atoms. The number of para-hydroxylation sites is 1. The highest BCUT2D eigenvalue weighted by Gasteiger charge is 2.36. The maximum absolute atomic E-state index is 5.19. The summed E-state index contributed by atoms with van der Waals surface area (Å²) in [5.74, 6) is 1.58. The minimum Gasteiger partial charge on any atom is -0.294 e. The summed E-state index contributed by atoms with van der Waals surface area (Å²) in [7, 11) is 0. The van der Waals surface area contributed by atoms with Gasteiger partial charge in [-0.3, -0.25) is 4.57 Å². The lowest BCUT2D eigenvalue weighted by molar-refractivity contribution is 0.661. The first-order chi connectivity index (χ1) is 19.6. The van der Waals surface area contributed by atoms with Gasteiger partial charge in [-0.2, -0.15) is 0 Å². The van der Waals surface area contributed by atoms with Crippen molar-refractivity contribution in [1.82, 2.24) is 14.5 Å². The molecule has 0 unspecified atom stereocenters. The van der Waals surface area contributed by atoms with Crippen LogP contribution in [-0.4, -0.2) is 14.5 Å². The molecule has 0 saturated heterocycles. The van der Waals surface area contributed by atoms with Crippen LogP contribution < -0.4 is 0 Å². The van der Waals surface area contributed by atoms with Crippen molar-refractivity contribution < 1.29 is 0 Å². The van der Waals surface area contributed by atoms with Crippen molar-refractivity contribution in [1.29, 1.82) is 0 Å². The zero-order valence-electron chi connectivity index (χ0n) is 22.5. The van der Waals surface area contributed by atoms with Crippen LogP contribution in [0.5, 0.6) is 0 Å². The first-order valence-electron chi connectivity index (χ1n) is 13.8. The van der Waals surface area contributed by atoms with E-state index in [0.717, 1.165) is 39.5 Å². The van der Waals surface area contributed by atoms with Crippen molar-refractivity contribution in [2.45, 2.75) is 19.3 Å². The number of fused-ring (bicyclic) bond motifs is 6. The van der Waals surface area contributed by atoms with Gasteiger partial charge in [-0.25, -0.2) is 9.97 Å². The molecular weight excluding hydrogens is 486 g/mol. The van der Waals surface area contributed by atoms with Crippen molar-refractivity contribution in [3.05, 3.63) is 139 Å². The Morgan fingerprint density at radius 3 is 2.00 bits per heavy atom. The first-order valence-corrected chi connectivity index (χ1v) is 13.8. The average Bonchev–Trinajstić information content (AvgIpc) is 3.45. The van der Waals surface area contributed by atoms with Crippen LogP contribution in [0.4, 0.5) is 0 Å². The summed E-state index contributed by atoms with van der Waals surface area (Å²) in [5.41, 5.74) is 10.6. The molecule has 5 aromatic carbocycles. The quantitative estimate of drug-likeness (QED) is 0.236. The second-order valence-corrected chi connectivity index (χ2v) is 11.1. The SMILES string of the molecule is CC1(C)c2ccccc2-c2cc3c(cc21)c1ccccc1n3-c1cc(-c2ccccc2)nc(-c2ccccc2)n1. The number of nitrogens with zero attached hydrogens (tertiary/aromatic N) is 3. The Labute approximate surface area is 233 Å². The van der Waals surface area contributed by atoms with Crippen molar-refractivity contribution in [2.75, 3.05) is 0 Å². The highest BCUT2D eigenvalue weighted by atomic mass is 15.1. The summed E-state index contributed by atoms with van der Waals surface area (Å²) in [5, 5.41) is 2.48. The van der Waals surface area contributed by atoms with Gasteiger partial charge in [0, 0.05) is 33.4 Å². The van der Waals surface area contributed by atoms with E-state index in [1.165, 1.54) is 33.0 Å². The minimum absolute atomic E-state index is 0.0564. The summed E-state index contributed by atoms with van der Waals surface area (Å²) in [4.78, 5) is 10.2. The van der Waals surface area contributed by atoms with E-state index >= 15 is 0 Å². The molecule has 0 fully saturated rings. The van der Waals surface area contributed by atoms with Gasteiger partial charge in [0.15, 0.2) is 5.82 Å². The van der Waals surface area contributed by atoms with E-state index in [0.29, 0.717) is 0 Å². The van der Waals surface area contributed by atoms with Crippen LogP contribution in [0.1, 0.15) is 25.0 Å². The third-order valence-corrected chi connectivity index (χ3v) is 8.42. The fraction of sp³-hybridized carbons (Fsp3) is 0.0811. The Morgan fingerprint density at radius 1 is 0.525 bits per heavy atom. The zero-order chi connectivity index (χ0) is 26.8. The van der Waals surface area contributed by atoms with Crippen molar-refractivity contribution in [3.8, 4) is 39.6 Å². The average molecular weight is 514 g/mol. The van der Waals surface area contributed by atoms with Crippen molar-refractivity contribution in [3.63, 3.8) is 0 Å². The first kappa shape index (κ1) is 22.9. The smallest absolute Gasteiger partial charge is 0.162 e. The lowest BCUT2D eigenvalue weighted by Gasteiger charge is -2.21. The van der Waals surface area contributed by atoms with E-state index in [9.17, 15) is 0 Å². The molecule has 8 rings (SSSR count). The van der Waals surface area contributed by atoms with Gasteiger partial charge in [0.25, 0.3) is 0 Å². The van der Waals surface area contributed by atoms with Gasteiger partial charge in [-0.15, -0.1) is 0 Å². The Bertz CT molecular complexity index is 2010. The van der Waals surface area contributed by atoms with Crippen LogP contribution in [-0.2, 0) is 5.41 Å². The molecule has 2 aromatic heterocycles. The van der Waals surface area contributed by atoms with Crippen LogP contribution in [0.25, 0.3) is 61.4 Å². The molecule has 0 bridgehead atoms. The normalized spacial score (nSPS) is 13.4. The molecular formula is C37H27N3. The molecule has 0 radical (unpaired) electrons. The van der Waals surface area contributed by atoms with Crippen LogP contribution in [0.3, 0.4) is 0 Å². The topological polar surface area (TPSA) is 30.7 Å². The summed E-state index contributed by atoms with van der Waals surface area (Å²) in [6, 6.07) is 45.0. The number of rotatable bonds is 3. The predicted octanol–water partition coefficient (Wildman–Crippen LogP) is 9.21. The summed E-state index contributed by atoms with van der Waals surface area (Å²) in [6.45, 7) is 4.68. The van der Waals surface area contributed by atoms with E-state index in [2.05, 4.69) is 122 Å². The van der Waals surface area contributed by atoms with Crippen LogP contribution >= 0.6 is 0 Å². The van der Waals surface area contributed by atoms with E-state index < -0.39 is 0 Å². The number of benzene rings is 5. The predicted molar refractivity (Wildman–Crippen MR) is 165 cm³/mol. The van der Waals surface area contributed by atoms with Gasteiger partial charge in [0.2, 0.25) is 0 Å². The summed E-state index contributed by atoms with van der Waals surface area (Å²) < 4.78 is 2.32. The molecule has 1 aliphatic rings. The molecule has 7 aromatic rings. The number of hydrogen-bond donors (Lipinski definition) is 0. The number of aromatic nitrogens is 3. The molecule has 0 aliphatic heterocycles.